The molecule has 0 spiro atoms. The molecule has 0 amide bonds. The fraction of sp³-hybridized carbons (Fsp3) is 0.871. The standard InChI is InChI=1S/C31H48O6/c1-17(2)18-9-12-31(26(34)35)14-13-28(5)19(24(18)31)15-20(32)25-29(28,6)11-10-21-27(3,4)37-22(30(21,25)7)16-23(33)36-8/h18-22,24-25,32H,1,9-16H2,2-8H3,(H,34,35)/t18-,19+,20+,21-,22?,24+,25-,28+,29+,30+,31-/m0/s1. The Balaban J connectivity index is 1.62. The number of allylic oxidation sites excluding steroid dienone is 1. The molecule has 4 saturated carbocycles. The van der Waals surface area contributed by atoms with Gasteiger partial charge in [-0.3, -0.25) is 9.59 Å². The van der Waals surface area contributed by atoms with Gasteiger partial charge in [0.2, 0.25) is 0 Å². The van der Waals surface area contributed by atoms with E-state index in [4.69, 9.17) is 9.47 Å². The van der Waals surface area contributed by atoms with Gasteiger partial charge in [-0.15, -0.1) is 0 Å². The summed E-state index contributed by atoms with van der Waals surface area (Å²) < 4.78 is 11.7. The van der Waals surface area contributed by atoms with Crippen LogP contribution in [0.1, 0.15) is 92.9 Å². The number of aliphatic hydroxyl groups excluding tert-OH is 1. The number of carbonyl (C=O) groups is 2. The van der Waals surface area contributed by atoms with Gasteiger partial charge in [-0.25, -0.2) is 0 Å². The van der Waals surface area contributed by atoms with Crippen LogP contribution in [0.4, 0.5) is 0 Å². The molecule has 1 saturated heterocycles. The Morgan fingerprint density at radius 2 is 1.70 bits per heavy atom. The first-order valence-electron chi connectivity index (χ1n) is 14.4. The van der Waals surface area contributed by atoms with Crippen LogP contribution in [-0.2, 0) is 19.1 Å². The van der Waals surface area contributed by atoms with Gasteiger partial charge in [0.25, 0.3) is 0 Å². The van der Waals surface area contributed by atoms with E-state index in [-0.39, 0.29) is 64.3 Å². The zero-order valence-corrected chi connectivity index (χ0v) is 23.9. The molecule has 1 aliphatic heterocycles. The van der Waals surface area contributed by atoms with Gasteiger partial charge in [0.15, 0.2) is 0 Å². The predicted octanol–water partition coefficient (Wildman–Crippen LogP) is 5.62. The van der Waals surface area contributed by atoms with E-state index >= 15 is 0 Å². The summed E-state index contributed by atoms with van der Waals surface area (Å²) in [5.74, 6) is -0.458. The second kappa shape index (κ2) is 8.30. The minimum atomic E-state index is -0.719. The van der Waals surface area contributed by atoms with Crippen molar-refractivity contribution in [2.45, 2.75) is 111 Å². The fourth-order valence-electron chi connectivity index (χ4n) is 11.5. The van der Waals surface area contributed by atoms with Crippen LogP contribution in [0.15, 0.2) is 12.2 Å². The Bertz CT molecular complexity index is 1000. The van der Waals surface area contributed by atoms with Crippen LogP contribution in [-0.4, -0.2) is 47.1 Å². The number of carboxylic acid groups (broad SMARTS) is 1. The normalized spacial score (nSPS) is 51.8. The van der Waals surface area contributed by atoms with Crippen LogP contribution < -0.4 is 0 Å². The molecule has 5 aliphatic rings. The van der Waals surface area contributed by atoms with Gasteiger partial charge < -0.3 is 19.7 Å². The van der Waals surface area contributed by atoms with Crippen LogP contribution in [0.3, 0.4) is 0 Å². The molecule has 0 aromatic rings. The molecular weight excluding hydrogens is 468 g/mol. The summed E-state index contributed by atoms with van der Waals surface area (Å²) >= 11 is 0. The molecule has 1 heterocycles. The summed E-state index contributed by atoms with van der Waals surface area (Å²) in [4.78, 5) is 25.3. The van der Waals surface area contributed by atoms with Crippen molar-refractivity contribution in [2.24, 2.45) is 51.2 Å². The van der Waals surface area contributed by atoms with Crippen molar-refractivity contribution < 1.29 is 29.3 Å². The van der Waals surface area contributed by atoms with Crippen molar-refractivity contribution in [3.8, 4) is 0 Å². The summed E-state index contributed by atoms with van der Waals surface area (Å²) in [5.41, 5.74) is -0.736. The van der Waals surface area contributed by atoms with E-state index in [0.717, 1.165) is 31.3 Å². The van der Waals surface area contributed by atoms with Crippen molar-refractivity contribution in [2.75, 3.05) is 7.11 Å². The lowest BCUT2D eigenvalue weighted by atomic mass is 9.33. The lowest BCUT2D eigenvalue weighted by Gasteiger charge is -2.71. The highest BCUT2D eigenvalue weighted by Crippen LogP contribution is 2.77. The number of aliphatic hydroxyl groups is 1. The minimum absolute atomic E-state index is 0.00124. The topological polar surface area (TPSA) is 93.1 Å². The van der Waals surface area contributed by atoms with E-state index in [0.29, 0.717) is 19.3 Å². The van der Waals surface area contributed by atoms with Gasteiger partial charge >= 0.3 is 11.9 Å². The summed E-state index contributed by atoms with van der Waals surface area (Å²) in [6.07, 6.45) is 4.97. The van der Waals surface area contributed by atoms with Crippen LogP contribution >= 0.6 is 0 Å². The highest BCUT2D eigenvalue weighted by atomic mass is 16.5. The molecule has 6 nitrogen and oxygen atoms in total. The predicted molar refractivity (Wildman–Crippen MR) is 141 cm³/mol. The largest absolute Gasteiger partial charge is 0.481 e. The summed E-state index contributed by atoms with van der Waals surface area (Å²) in [6, 6.07) is 0. The van der Waals surface area contributed by atoms with Crippen molar-refractivity contribution >= 4 is 11.9 Å². The minimum Gasteiger partial charge on any atom is -0.481 e. The zero-order valence-electron chi connectivity index (χ0n) is 23.9. The number of hydrogen-bond donors (Lipinski definition) is 2. The zero-order chi connectivity index (χ0) is 27.3. The Labute approximate surface area is 222 Å². The molecule has 6 heteroatoms. The Morgan fingerprint density at radius 1 is 1.03 bits per heavy atom. The molecular formula is C31H48O6. The molecule has 37 heavy (non-hydrogen) atoms. The first-order chi connectivity index (χ1) is 17.1. The molecule has 5 fully saturated rings. The van der Waals surface area contributed by atoms with E-state index in [1.165, 1.54) is 7.11 Å². The SMILES string of the molecule is C=C(C)[C@@H]1CC[C@]2(C(=O)O)CC[C@]3(C)[C@H](C[C@@H](O)[C@@H]4[C@@]5(C)C(CC(=O)OC)OC(C)(C)[C@@H]5CC[C@]43C)[C@@H]12. The number of carboxylic acids is 1. The van der Waals surface area contributed by atoms with E-state index in [1.807, 2.05) is 0 Å². The van der Waals surface area contributed by atoms with E-state index in [2.05, 4.69) is 48.1 Å². The van der Waals surface area contributed by atoms with Gasteiger partial charge in [-0.2, -0.15) is 0 Å². The first-order valence-corrected chi connectivity index (χ1v) is 14.4. The van der Waals surface area contributed by atoms with Gasteiger partial charge in [0.1, 0.15) is 0 Å². The lowest BCUT2D eigenvalue weighted by Crippen LogP contribution is -2.69. The van der Waals surface area contributed by atoms with Gasteiger partial charge in [-0.05, 0) is 106 Å². The van der Waals surface area contributed by atoms with Crippen LogP contribution in [0.2, 0.25) is 0 Å². The molecule has 0 aromatic carbocycles. The average Bonchev–Trinajstić information content (AvgIpc) is 3.29. The third-order valence-corrected chi connectivity index (χ3v) is 13.2. The quantitative estimate of drug-likeness (QED) is 0.372. The number of carbonyl (C=O) groups excluding carboxylic acids is 1. The number of rotatable bonds is 4. The highest BCUT2D eigenvalue weighted by Gasteiger charge is 2.75. The van der Waals surface area contributed by atoms with Crippen LogP contribution in [0, 0.1) is 51.2 Å². The highest BCUT2D eigenvalue weighted by molar-refractivity contribution is 5.76. The number of ether oxygens (including phenoxy) is 2. The second-order valence-electron chi connectivity index (χ2n) is 14.6. The third kappa shape index (κ3) is 3.30. The number of esters is 1. The maximum absolute atomic E-state index is 12.8. The summed E-state index contributed by atoms with van der Waals surface area (Å²) in [6.45, 7) is 17.6. The van der Waals surface area contributed by atoms with Crippen molar-refractivity contribution in [3.05, 3.63) is 12.2 Å². The first kappa shape index (κ1) is 27.2. The molecule has 5 rings (SSSR count). The van der Waals surface area contributed by atoms with Crippen molar-refractivity contribution in [3.63, 3.8) is 0 Å². The average molecular weight is 517 g/mol. The van der Waals surface area contributed by atoms with E-state index in [1.54, 1.807) is 0 Å². The van der Waals surface area contributed by atoms with Gasteiger partial charge in [-0.1, -0.05) is 32.9 Å². The Morgan fingerprint density at radius 3 is 2.30 bits per heavy atom. The maximum atomic E-state index is 12.8. The molecule has 0 aromatic heterocycles. The van der Waals surface area contributed by atoms with Crippen LogP contribution in [0.5, 0.6) is 0 Å². The van der Waals surface area contributed by atoms with E-state index in [9.17, 15) is 19.8 Å². The van der Waals surface area contributed by atoms with Crippen LogP contribution in [0.25, 0.3) is 0 Å². The molecule has 4 aliphatic carbocycles. The summed E-state index contributed by atoms with van der Waals surface area (Å²) in [7, 11) is 1.42. The molecule has 2 N–H and O–H groups in total. The van der Waals surface area contributed by atoms with Gasteiger partial charge in [0.05, 0.1) is 36.8 Å². The van der Waals surface area contributed by atoms with Crippen molar-refractivity contribution in [1.29, 1.82) is 0 Å². The smallest absolute Gasteiger partial charge is 0.309 e. The molecule has 208 valence electrons. The monoisotopic (exact) mass is 516 g/mol. The molecule has 11 atom stereocenters. The number of fused-ring (bicyclic) bond motifs is 7. The lowest BCUT2D eigenvalue weighted by molar-refractivity contribution is -0.254. The Kier molecular flexibility index (Phi) is 6.10. The summed E-state index contributed by atoms with van der Waals surface area (Å²) in [5, 5.41) is 22.7. The maximum Gasteiger partial charge on any atom is 0.309 e. The molecule has 0 bridgehead atoms. The Hall–Kier alpha value is -1.40. The fourth-order valence-corrected chi connectivity index (χ4v) is 11.5. The number of methoxy groups -OCH3 is 1. The van der Waals surface area contributed by atoms with E-state index < -0.39 is 23.1 Å². The molecule has 1 unspecified atom stereocenters. The number of aliphatic carboxylic acids is 1. The second-order valence-corrected chi connectivity index (χ2v) is 14.6. The molecule has 0 radical (unpaired) electrons. The van der Waals surface area contributed by atoms with Gasteiger partial charge in [0, 0.05) is 5.41 Å². The van der Waals surface area contributed by atoms with Crippen molar-refractivity contribution in [1.82, 2.24) is 0 Å². The third-order valence-electron chi connectivity index (χ3n) is 13.2. The number of hydrogen-bond acceptors (Lipinski definition) is 5.